The molecule has 1 aliphatic heterocycles. The predicted octanol–water partition coefficient (Wildman–Crippen LogP) is 3.96. The summed E-state index contributed by atoms with van der Waals surface area (Å²) in [4.78, 5) is 44.3. The van der Waals surface area contributed by atoms with Crippen LogP contribution in [0.15, 0.2) is 82.5 Å². The Hall–Kier alpha value is -4.33. The molecule has 12 nitrogen and oxygen atoms in total. The van der Waals surface area contributed by atoms with Crippen molar-refractivity contribution in [3.05, 3.63) is 93.9 Å². The first-order valence-electron chi connectivity index (χ1n) is 15.2. The van der Waals surface area contributed by atoms with Crippen molar-refractivity contribution < 1.29 is 27.5 Å². The van der Waals surface area contributed by atoms with Crippen LogP contribution in [0.4, 0.5) is 4.79 Å². The van der Waals surface area contributed by atoms with Crippen LogP contribution in [0.25, 0.3) is 11.0 Å². The highest BCUT2D eigenvalue weighted by Gasteiger charge is 2.33. The van der Waals surface area contributed by atoms with Gasteiger partial charge in [-0.25, -0.2) is 18.0 Å². The van der Waals surface area contributed by atoms with Crippen LogP contribution in [0, 0.1) is 0 Å². The van der Waals surface area contributed by atoms with Crippen molar-refractivity contribution in [2.45, 2.75) is 37.3 Å². The number of hydrogen-bond acceptors (Lipinski definition) is 8. The molecule has 1 aliphatic rings. The topological polar surface area (TPSA) is 132 Å². The largest absolute Gasteiger partial charge is 0.497 e. The molecular formula is C33H38ClN5O7S. The summed E-state index contributed by atoms with van der Waals surface area (Å²) in [5, 5.41) is 3.21. The van der Waals surface area contributed by atoms with Gasteiger partial charge in [-0.1, -0.05) is 41.9 Å². The lowest BCUT2D eigenvalue weighted by Crippen LogP contribution is -2.51. The number of ether oxygens (including phenoxy) is 2. The molecule has 0 spiro atoms. The number of carbonyl (C=O) groups is 2. The number of hydrogen-bond donors (Lipinski definition) is 1. The summed E-state index contributed by atoms with van der Waals surface area (Å²) < 4.78 is 40.3. The minimum atomic E-state index is -4.40. The Morgan fingerprint density at radius 1 is 0.936 bits per heavy atom. The van der Waals surface area contributed by atoms with Gasteiger partial charge < -0.3 is 19.7 Å². The molecule has 1 saturated heterocycles. The molecule has 0 bridgehead atoms. The van der Waals surface area contributed by atoms with Crippen LogP contribution >= 0.6 is 11.6 Å². The predicted molar refractivity (Wildman–Crippen MR) is 179 cm³/mol. The monoisotopic (exact) mass is 683 g/mol. The summed E-state index contributed by atoms with van der Waals surface area (Å²) in [6.45, 7) is 8.43. The van der Waals surface area contributed by atoms with Gasteiger partial charge in [0.2, 0.25) is 5.91 Å². The molecule has 0 saturated carbocycles. The van der Waals surface area contributed by atoms with E-state index in [1.54, 1.807) is 35.2 Å². The number of rotatable bonds is 9. The van der Waals surface area contributed by atoms with Gasteiger partial charge in [-0.15, -0.1) is 0 Å². The first kappa shape index (κ1) is 34.0. The Balaban J connectivity index is 1.42. The fourth-order valence-electron chi connectivity index (χ4n) is 5.47. The molecule has 1 N–H and O–H groups in total. The Bertz CT molecular complexity index is 1910. The van der Waals surface area contributed by atoms with Gasteiger partial charge >= 0.3 is 11.8 Å². The number of halogens is 1. The van der Waals surface area contributed by atoms with Gasteiger partial charge in [0, 0.05) is 44.3 Å². The van der Waals surface area contributed by atoms with Crippen LogP contribution in [0.1, 0.15) is 32.4 Å². The van der Waals surface area contributed by atoms with Crippen molar-refractivity contribution in [3.8, 4) is 5.75 Å². The van der Waals surface area contributed by atoms with Crippen LogP contribution in [0.3, 0.4) is 0 Å². The summed E-state index contributed by atoms with van der Waals surface area (Å²) in [6, 6.07) is 17.6. The molecule has 2 amide bonds. The Labute approximate surface area is 278 Å². The standard InChI is InChI=1S/C33H38ClN5O7S/c1-33(2,3)46-32(42)37-20-18-36(19-21-37)17-16-35-30(40)29(23-8-6-5-7-9-23)38-28-22-24(34)10-15-27(28)39(31(38)41)47(43,44)26-13-11-25(45-4)12-14-26/h5-15,22,29H,16-21H2,1-4H3,(H,35,40). The van der Waals surface area contributed by atoms with Crippen molar-refractivity contribution in [1.82, 2.24) is 23.7 Å². The summed E-state index contributed by atoms with van der Waals surface area (Å²) in [7, 11) is -2.93. The van der Waals surface area contributed by atoms with Crippen LogP contribution in [0.2, 0.25) is 5.02 Å². The lowest BCUT2D eigenvalue weighted by atomic mass is 10.1. The fraction of sp³-hybridized carbons (Fsp3) is 0.364. The minimum Gasteiger partial charge on any atom is -0.497 e. The van der Waals surface area contributed by atoms with E-state index in [9.17, 15) is 22.8 Å². The third-order valence-electron chi connectivity index (χ3n) is 7.77. The number of benzene rings is 3. The van der Waals surface area contributed by atoms with E-state index in [1.807, 2.05) is 20.8 Å². The maximum Gasteiger partial charge on any atom is 0.410 e. The second-order valence-electron chi connectivity index (χ2n) is 12.1. The summed E-state index contributed by atoms with van der Waals surface area (Å²) in [5.41, 5.74) is -0.749. The molecule has 1 fully saturated rings. The van der Waals surface area contributed by atoms with E-state index in [4.69, 9.17) is 21.1 Å². The van der Waals surface area contributed by atoms with Crippen LogP contribution in [-0.2, 0) is 19.6 Å². The highest BCUT2D eigenvalue weighted by molar-refractivity contribution is 7.90. The molecular weight excluding hydrogens is 646 g/mol. The molecule has 1 aromatic heterocycles. The number of amides is 2. The van der Waals surface area contributed by atoms with E-state index in [1.165, 1.54) is 54.1 Å². The first-order valence-corrected chi connectivity index (χ1v) is 17.0. The molecule has 2 heterocycles. The number of imidazole rings is 1. The van der Waals surface area contributed by atoms with E-state index in [-0.39, 0.29) is 33.6 Å². The summed E-state index contributed by atoms with van der Waals surface area (Å²) in [6.07, 6.45) is -0.352. The van der Waals surface area contributed by atoms with Crippen LogP contribution < -0.4 is 15.7 Å². The number of carbonyl (C=O) groups excluding carboxylic acids is 2. The lowest BCUT2D eigenvalue weighted by Gasteiger charge is -2.35. The van der Waals surface area contributed by atoms with Crippen molar-refractivity contribution in [3.63, 3.8) is 0 Å². The van der Waals surface area contributed by atoms with Crippen molar-refractivity contribution in [2.75, 3.05) is 46.4 Å². The Morgan fingerprint density at radius 3 is 2.21 bits per heavy atom. The average molecular weight is 684 g/mol. The average Bonchev–Trinajstić information content (AvgIpc) is 3.32. The second-order valence-corrected chi connectivity index (χ2v) is 14.4. The van der Waals surface area contributed by atoms with E-state index >= 15 is 0 Å². The zero-order chi connectivity index (χ0) is 33.9. The smallest absolute Gasteiger partial charge is 0.410 e. The number of aromatic nitrogens is 2. The van der Waals surface area contributed by atoms with Crippen molar-refractivity contribution in [2.24, 2.45) is 0 Å². The highest BCUT2D eigenvalue weighted by atomic mass is 35.5. The van der Waals surface area contributed by atoms with Crippen LogP contribution in [-0.4, -0.2) is 90.7 Å². The number of nitrogens with zero attached hydrogens (tertiary/aromatic N) is 4. The molecule has 3 aromatic carbocycles. The van der Waals surface area contributed by atoms with Gasteiger partial charge in [-0.05, 0) is 68.8 Å². The second kappa shape index (κ2) is 13.8. The molecule has 0 aliphatic carbocycles. The SMILES string of the molecule is COc1ccc(S(=O)(=O)n2c(=O)n(C(C(=O)NCCN3CCN(C(=O)OC(C)(C)C)CC3)c3ccccc3)c3cc(Cl)ccc32)cc1. The summed E-state index contributed by atoms with van der Waals surface area (Å²) >= 11 is 6.35. The molecule has 1 atom stereocenters. The number of methoxy groups -OCH3 is 1. The van der Waals surface area contributed by atoms with E-state index < -0.39 is 33.3 Å². The zero-order valence-corrected chi connectivity index (χ0v) is 28.3. The van der Waals surface area contributed by atoms with E-state index in [2.05, 4.69) is 10.2 Å². The molecule has 4 aromatic rings. The third-order valence-corrected chi connectivity index (χ3v) is 9.70. The number of nitrogens with one attached hydrogen (secondary N) is 1. The van der Waals surface area contributed by atoms with Crippen molar-refractivity contribution in [1.29, 1.82) is 0 Å². The Kier molecular flexibility index (Phi) is 9.99. The van der Waals surface area contributed by atoms with Crippen LogP contribution in [0.5, 0.6) is 5.75 Å². The molecule has 5 rings (SSSR count). The van der Waals surface area contributed by atoms with Gasteiger partial charge in [-0.2, -0.15) is 3.97 Å². The fourth-order valence-corrected chi connectivity index (χ4v) is 7.03. The van der Waals surface area contributed by atoms with E-state index in [0.717, 1.165) is 0 Å². The van der Waals surface area contributed by atoms with Gasteiger partial charge in [0.1, 0.15) is 17.4 Å². The van der Waals surface area contributed by atoms with Gasteiger partial charge in [0.15, 0.2) is 0 Å². The lowest BCUT2D eigenvalue weighted by molar-refractivity contribution is -0.123. The maximum atomic E-state index is 14.2. The normalized spacial score (nSPS) is 15.0. The maximum absolute atomic E-state index is 14.2. The Morgan fingerprint density at radius 2 is 1.60 bits per heavy atom. The third kappa shape index (κ3) is 7.47. The quantitative estimate of drug-likeness (QED) is 0.281. The molecule has 250 valence electrons. The van der Waals surface area contributed by atoms with Gasteiger partial charge in [0.25, 0.3) is 10.0 Å². The van der Waals surface area contributed by atoms with Gasteiger partial charge in [-0.3, -0.25) is 14.3 Å². The molecule has 1 unspecified atom stereocenters. The molecule has 14 heteroatoms. The van der Waals surface area contributed by atoms with Crippen molar-refractivity contribution >= 4 is 44.7 Å². The van der Waals surface area contributed by atoms with E-state index in [0.29, 0.717) is 48.0 Å². The number of fused-ring (bicyclic) bond motifs is 1. The number of piperazine rings is 1. The minimum absolute atomic E-state index is 0.0757. The first-order chi connectivity index (χ1) is 22.3. The zero-order valence-electron chi connectivity index (χ0n) is 26.7. The molecule has 0 radical (unpaired) electrons. The molecule has 47 heavy (non-hydrogen) atoms. The highest BCUT2D eigenvalue weighted by Crippen LogP contribution is 2.28. The summed E-state index contributed by atoms with van der Waals surface area (Å²) in [5.74, 6) is -0.0391. The van der Waals surface area contributed by atoms with Gasteiger partial charge in [0.05, 0.1) is 23.0 Å².